The zero-order chi connectivity index (χ0) is 62.7. The van der Waals surface area contributed by atoms with Crippen LogP contribution in [0.25, 0.3) is 44.8 Å². The van der Waals surface area contributed by atoms with Crippen LogP contribution in [0.1, 0.15) is 0 Å². The number of nitrogens with zero attached hydrogens (tertiary/aromatic N) is 18. The van der Waals surface area contributed by atoms with Crippen LogP contribution in [0.5, 0.6) is 0 Å². The Labute approximate surface area is 556 Å². The zero-order valence-corrected chi connectivity index (χ0v) is 51.8. The highest BCUT2D eigenvalue weighted by Crippen LogP contribution is 2.68. The van der Waals surface area contributed by atoms with Gasteiger partial charge in [-0.15, -0.1) is 0 Å². The van der Waals surface area contributed by atoms with Gasteiger partial charge >= 0.3 is 0 Å². The number of hydrogen-bond acceptors (Lipinski definition) is 18. The first-order chi connectivity index (χ1) is 47.7. The van der Waals surface area contributed by atoms with E-state index in [4.69, 9.17) is 9.97 Å². The number of allylic oxidation sites excluding steroid dienone is 16. The molecule has 4 aromatic rings. The van der Waals surface area contributed by atoms with Crippen LogP contribution in [0.15, 0.2) is 331 Å². The molecule has 3 aromatic carbocycles. The van der Waals surface area contributed by atoms with E-state index in [1.807, 2.05) is 12.4 Å². The summed E-state index contributed by atoms with van der Waals surface area (Å²) in [5.41, 5.74) is 15.5. The summed E-state index contributed by atoms with van der Waals surface area (Å²) >= 11 is 0. The van der Waals surface area contributed by atoms with E-state index in [0.717, 1.165) is 90.3 Å². The van der Waals surface area contributed by atoms with Gasteiger partial charge in [0, 0.05) is 183 Å². The molecule has 0 bridgehead atoms. The number of fused-ring (bicyclic) bond motifs is 16. The summed E-state index contributed by atoms with van der Waals surface area (Å²) < 4.78 is 0. The molecule has 0 fully saturated rings. The van der Waals surface area contributed by atoms with Crippen molar-refractivity contribution in [1.29, 1.82) is 0 Å². The third-order valence-electron chi connectivity index (χ3n) is 20.6. The molecule has 0 spiro atoms. The average molecular weight is 1250 g/mol. The average Bonchev–Trinajstić information content (AvgIpc) is 1.14. The molecule has 0 saturated heterocycles. The molecule has 17 aliphatic rings. The standard InChI is InChI=1S/C78H62N18/c1-2-20-56-55(19-1)65-67(73(91-49-41-83-33-13-5-23-59(83)91)77(95-53-45-87-37-17-9-27-63(87)95)75(93-51-43-85-35-15-7-25-61(85)93)71(65)89-47-39-81-31-11-3-21-57(81)89)69-70(80-30-29-79-69)68-66(56)72(90-48-40-82-32-12-4-22-58(82)90)76(94-52-44-86-36-16-8-26-62(86)94)78(96-54-46-88-38-18-10-28-64(88)96)74(68)92-50-42-84-34-14-6-24-60(84)92/h1-54,57-64H. The fourth-order valence-corrected chi connectivity index (χ4v) is 16.5. The molecule has 18 nitrogen and oxygen atoms in total. The van der Waals surface area contributed by atoms with E-state index >= 15 is 0 Å². The number of hydrogen-bond donors (Lipinski definition) is 0. The third kappa shape index (κ3) is 7.45. The maximum Gasteiger partial charge on any atom is 0.129 e. The molecular weight excluding hydrogens is 1190 g/mol. The molecule has 0 radical (unpaired) electrons. The van der Waals surface area contributed by atoms with Crippen molar-refractivity contribution in [2.45, 2.75) is 49.3 Å². The summed E-state index contributed by atoms with van der Waals surface area (Å²) in [5, 5.41) is 0. The third-order valence-corrected chi connectivity index (χ3v) is 20.6. The van der Waals surface area contributed by atoms with Gasteiger partial charge in [0.2, 0.25) is 0 Å². The van der Waals surface area contributed by atoms with E-state index in [-0.39, 0.29) is 49.3 Å². The lowest BCUT2D eigenvalue weighted by Crippen LogP contribution is -2.43. The topological polar surface area (TPSA) is 77.6 Å². The van der Waals surface area contributed by atoms with Gasteiger partial charge < -0.3 is 78.4 Å². The molecule has 0 amide bonds. The van der Waals surface area contributed by atoms with Crippen molar-refractivity contribution in [3.8, 4) is 44.8 Å². The molecule has 1 aromatic heterocycles. The Balaban J connectivity index is 0.978. The molecule has 1 aliphatic carbocycles. The maximum absolute atomic E-state index is 5.96. The Morgan fingerprint density at radius 2 is 0.396 bits per heavy atom. The molecule has 16 aliphatic heterocycles. The zero-order valence-electron chi connectivity index (χ0n) is 51.8. The number of rotatable bonds is 8. The predicted molar refractivity (Wildman–Crippen MR) is 382 cm³/mol. The Hall–Kier alpha value is -12.7. The summed E-state index contributed by atoms with van der Waals surface area (Å²) in [7, 11) is 0. The van der Waals surface area contributed by atoms with Crippen LogP contribution in [0.3, 0.4) is 0 Å². The minimum absolute atomic E-state index is 0.219. The summed E-state index contributed by atoms with van der Waals surface area (Å²) in [6.45, 7) is 0. The van der Waals surface area contributed by atoms with Gasteiger partial charge in [-0.2, -0.15) is 0 Å². The normalized spacial score (nSPS) is 26.7. The van der Waals surface area contributed by atoms with Crippen molar-refractivity contribution >= 4 is 45.5 Å². The van der Waals surface area contributed by atoms with Gasteiger partial charge in [-0.3, -0.25) is 9.97 Å². The van der Waals surface area contributed by atoms with E-state index in [1.54, 1.807) is 0 Å². The van der Waals surface area contributed by atoms with Gasteiger partial charge in [0.05, 0.1) is 56.9 Å². The van der Waals surface area contributed by atoms with E-state index in [0.29, 0.717) is 0 Å². The van der Waals surface area contributed by atoms with E-state index in [9.17, 15) is 0 Å². The molecule has 0 saturated carbocycles. The highest BCUT2D eigenvalue weighted by molar-refractivity contribution is 6.22. The van der Waals surface area contributed by atoms with Crippen molar-refractivity contribution < 1.29 is 0 Å². The fraction of sp³-hybridized carbons (Fsp3) is 0.103. The largest absolute Gasteiger partial charge is 0.328 e. The highest BCUT2D eigenvalue weighted by atomic mass is 15.5. The fourth-order valence-electron chi connectivity index (χ4n) is 16.5. The van der Waals surface area contributed by atoms with Crippen molar-refractivity contribution in [3.63, 3.8) is 0 Å². The summed E-state index contributed by atoms with van der Waals surface area (Å²) in [5.74, 6) is 0. The van der Waals surface area contributed by atoms with Crippen molar-refractivity contribution in [1.82, 2.24) is 49.2 Å². The molecule has 8 atom stereocenters. The highest BCUT2D eigenvalue weighted by Gasteiger charge is 2.50. The van der Waals surface area contributed by atoms with Crippen molar-refractivity contribution in [2.75, 3.05) is 39.2 Å². The lowest BCUT2D eigenvalue weighted by Gasteiger charge is -2.45. The van der Waals surface area contributed by atoms with Crippen LogP contribution < -0.4 is 39.2 Å². The first-order valence-corrected chi connectivity index (χ1v) is 32.8. The predicted octanol–water partition coefficient (Wildman–Crippen LogP) is 13.5. The first-order valence-electron chi connectivity index (χ1n) is 32.8. The second-order valence-electron chi connectivity index (χ2n) is 25.4. The molecule has 8 unspecified atom stereocenters. The summed E-state index contributed by atoms with van der Waals surface area (Å²) in [6.07, 6.45) is 108. The Morgan fingerprint density at radius 3 is 0.615 bits per heavy atom. The van der Waals surface area contributed by atoms with E-state index in [2.05, 4.69) is 397 Å². The first kappa shape index (κ1) is 52.9. The van der Waals surface area contributed by atoms with Crippen LogP contribution in [-0.2, 0) is 0 Å². The van der Waals surface area contributed by atoms with Gasteiger partial charge in [0.1, 0.15) is 49.3 Å². The number of anilines is 8. The van der Waals surface area contributed by atoms with Crippen LogP contribution in [0, 0.1) is 0 Å². The summed E-state index contributed by atoms with van der Waals surface area (Å²) in [4.78, 5) is 50.4. The van der Waals surface area contributed by atoms with Gasteiger partial charge in [0.15, 0.2) is 0 Å². The van der Waals surface area contributed by atoms with Gasteiger partial charge in [-0.05, 0) is 108 Å². The number of aromatic nitrogens is 2. The van der Waals surface area contributed by atoms with E-state index in [1.165, 1.54) is 0 Å². The molecule has 17 heterocycles. The smallest absolute Gasteiger partial charge is 0.129 e. The van der Waals surface area contributed by atoms with Crippen LogP contribution in [0.4, 0.5) is 45.5 Å². The second kappa shape index (κ2) is 20.4. The molecule has 21 rings (SSSR count). The van der Waals surface area contributed by atoms with Gasteiger partial charge in [-0.25, -0.2) is 0 Å². The van der Waals surface area contributed by atoms with E-state index < -0.39 is 0 Å². The SMILES string of the molecule is C1=CC2N(C=C1)C=CN2c1c2c(c(N3C=CN4C=CC=CC43)c(N3C=CN4C=CC=CC43)c1N1C=CN3C=CC=CC31)-c1nccnc1-c1c(c(N3C=CN4C=CC=CC43)c(N3C=CN4C=CC=CC43)c(N3C=CN4C=CC=CC43)c1N1C=CN3C=CC=CC31)-c1ccccc1-2. The molecular formula is C78H62N18. The van der Waals surface area contributed by atoms with Gasteiger partial charge in [-0.1, -0.05) is 72.9 Å². The second-order valence-corrected chi connectivity index (χ2v) is 25.4. The Kier molecular flexibility index (Phi) is 11.2. The van der Waals surface area contributed by atoms with Crippen LogP contribution in [-0.4, -0.2) is 98.5 Å². The van der Waals surface area contributed by atoms with Crippen LogP contribution >= 0.6 is 0 Å². The van der Waals surface area contributed by atoms with Crippen molar-refractivity contribution in [3.05, 3.63) is 331 Å². The van der Waals surface area contributed by atoms with Gasteiger partial charge in [0.25, 0.3) is 0 Å². The lowest BCUT2D eigenvalue weighted by molar-refractivity contribution is 0.445. The quantitative estimate of drug-likeness (QED) is 0.148. The molecule has 18 heteroatoms. The minimum Gasteiger partial charge on any atom is -0.328 e. The molecule has 464 valence electrons. The summed E-state index contributed by atoms with van der Waals surface area (Å²) in [6, 6.07) is 9.24. The molecule has 96 heavy (non-hydrogen) atoms. The Morgan fingerprint density at radius 1 is 0.198 bits per heavy atom. The maximum atomic E-state index is 5.96. The van der Waals surface area contributed by atoms with Crippen molar-refractivity contribution in [2.24, 2.45) is 0 Å². The Bertz CT molecular complexity index is 4280. The monoisotopic (exact) mass is 1250 g/mol. The minimum atomic E-state index is -0.254. The molecule has 0 N–H and O–H groups in total. The lowest BCUT2D eigenvalue weighted by atomic mass is 9.78. The number of benzene rings is 3. The van der Waals surface area contributed by atoms with Crippen LogP contribution in [0.2, 0.25) is 0 Å².